The number of carbonyl (C=O) groups is 1. The molecule has 1 fully saturated rings. The van der Waals surface area contributed by atoms with E-state index in [-0.39, 0.29) is 29.2 Å². The second kappa shape index (κ2) is 10.5. The van der Waals surface area contributed by atoms with Gasteiger partial charge in [-0.1, -0.05) is 72.9 Å². The minimum absolute atomic E-state index is 0.0625. The molecule has 1 unspecified atom stereocenters. The quantitative estimate of drug-likeness (QED) is 0.252. The SMILES string of the molecule is CCOC(=O)/C=C1/CC(S(=O)(=O)c2ccccc2)(S(=O)(=O)c2ccccc2)CC1/C(C)=C/[Si](C)(C)C. The first-order valence-corrected chi connectivity index (χ1v) is 18.5. The third kappa shape index (κ3) is 5.43. The molecule has 2 aromatic rings. The molecule has 6 nitrogen and oxygen atoms in total. The highest BCUT2D eigenvalue weighted by atomic mass is 32.3. The van der Waals surface area contributed by atoms with Gasteiger partial charge in [0.25, 0.3) is 0 Å². The molecule has 36 heavy (non-hydrogen) atoms. The monoisotopic (exact) mass is 546 g/mol. The van der Waals surface area contributed by atoms with Gasteiger partial charge in [-0.25, -0.2) is 21.6 Å². The summed E-state index contributed by atoms with van der Waals surface area (Å²) in [5, 5.41) is 0. The van der Waals surface area contributed by atoms with Crippen LogP contribution in [0.25, 0.3) is 0 Å². The molecule has 0 N–H and O–H groups in total. The third-order valence-corrected chi connectivity index (χ3v) is 13.3. The van der Waals surface area contributed by atoms with Crippen molar-refractivity contribution in [3.05, 3.63) is 83.6 Å². The van der Waals surface area contributed by atoms with Crippen molar-refractivity contribution in [3.63, 3.8) is 0 Å². The lowest BCUT2D eigenvalue weighted by Gasteiger charge is -2.29. The van der Waals surface area contributed by atoms with E-state index in [1.54, 1.807) is 43.3 Å². The topological polar surface area (TPSA) is 94.6 Å². The number of rotatable bonds is 8. The van der Waals surface area contributed by atoms with Gasteiger partial charge in [-0.2, -0.15) is 0 Å². The molecule has 9 heteroatoms. The number of hydrogen-bond acceptors (Lipinski definition) is 6. The molecular formula is C27H34O6S2Si. The Labute approximate surface area is 215 Å². The van der Waals surface area contributed by atoms with Crippen molar-refractivity contribution in [1.29, 1.82) is 0 Å². The van der Waals surface area contributed by atoms with Gasteiger partial charge in [0.15, 0.2) is 23.8 Å². The van der Waals surface area contributed by atoms with E-state index in [0.717, 1.165) is 5.57 Å². The van der Waals surface area contributed by atoms with E-state index < -0.39 is 43.7 Å². The van der Waals surface area contributed by atoms with Gasteiger partial charge in [-0.05, 0) is 44.5 Å². The minimum Gasteiger partial charge on any atom is -0.463 e. The fourth-order valence-electron chi connectivity index (χ4n) is 4.86. The van der Waals surface area contributed by atoms with Crippen molar-refractivity contribution in [2.45, 2.75) is 60.2 Å². The summed E-state index contributed by atoms with van der Waals surface area (Å²) in [6, 6.07) is 15.4. The van der Waals surface area contributed by atoms with E-state index in [4.69, 9.17) is 4.74 Å². The standard InChI is InChI=1S/C27H34O6S2Si/c1-6-33-26(28)17-22-18-27(19-25(22)21(2)20-36(3,4)5,34(29,30)23-13-9-7-10-14-23)35(31,32)24-15-11-8-12-16-24/h7-17,20,25H,6,18-19H2,1-5H3/b21-20+,22-17-. The average Bonchev–Trinajstić information content (AvgIpc) is 3.21. The van der Waals surface area contributed by atoms with Crippen LogP contribution in [0.15, 0.2) is 93.4 Å². The van der Waals surface area contributed by atoms with Crippen molar-refractivity contribution in [3.8, 4) is 0 Å². The highest BCUT2D eigenvalue weighted by molar-refractivity contribution is 8.10. The lowest BCUT2D eigenvalue weighted by atomic mass is 9.95. The number of allylic oxidation sites excluding steroid dienone is 2. The highest BCUT2D eigenvalue weighted by Gasteiger charge is 2.61. The van der Waals surface area contributed by atoms with Crippen molar-refractivity contribution < 1.29 is 26.4 Å². The van der Waals surface area contributed by atoms with Crippen LogP contribution in [-0.2, 0) is 29.2 Å². The van der Waals surface area contributed by atoms with Crippen molar-refractivity contribution in [1.82, 2.24) is 0 Å². The predicted molar refractivity (Wildman–Crippen MR) is 145 cm³/mol. The number of sulfone groups is 2. The summed E-state index contributed by atoms with van der Waals surface area (Å²) in [4.78, 5) is 12.4. The molecule has 1 aliphatic carbocycles. The average molecular weight is 547 g/mol. The van der Waals surface area contributed by atoms with Crippen LogP contribution in [0.3, 0.4) is 0 Å². The maximum absolute atomic E-state index is 14.3. The third-order valence-electron chi connectivity index (χ3n) is 6.32. The Morgan fingerprint density at radius 3 is 1.83 bits per heavy atom. The van der Waals surface area contributed by atoms with Crippen LogP contribution in [-0.4, -0.2) is 41.6 Å². The molecule has 1 saturated carbocycles. The normalized spacial score (nSPS) is 19.9. The number of esters is 1. The molecule has 1 atom stereocenters. The fraction of sp³-hybridized carbons (Fsp3) is 0.370. The van der Waals surface area contributed by atoms with Gasteiger partial charge in [0, 0.05) is 18.4 Å². The van der Waals surface area contributed by atoms with E-state index in [9.17, 15) is 21.6 Å². The lowest BCUT2D eigenvalue weighted by Crippen LogP contribution is -2.44. The zero-order chi connectivity index (χ0) is 26.8. The fourth-order valence-corrected chi connectivity index (χ4v) is 11.5. The maximum Gasteiger partial charge on any atom is 0.330 e. The highest BCUT2D eigenvalue weighted by Crippen LogP contribution is 2.53. The summed E-state index contributed by atoms with van der Waals surface area (Å²) in [7, 11) is -10.5. The number of benzene rings is 2. The van der Waals surface area contributed by atoms with E-state index in [2.05, 4.69) is 25.3 Å². The first kappa shape index (κ1) is 28.1. The van der Waals surface area contributed by atoms with Crippen molar-refractivity contribution >= 4 is 33.7 Å². The molecule has 0 bridgehead atoms. The molecule has 0 saturated heterocycles. The van der Waals surface area contributed by atoms with Gasteiger partial charge >= 0.3 is 5.97 Å². The Balaban J connectivity index is 2.34. The van der Waals surface area contributed by atoms with Crippen LogP contribution in [0.5, 0.6) is 0 Å². The van der Waals surface area contributed by atoms with Gasteiger partial charge < -0.3 is 4.74 Å². The van der Waals surface area contributed by atoms with E-state index in [1.165, 1.54) is 30.3 Å². The molecule has 0 aromatic heterocycles. The minimum atomic E-state index is -4.39. The van der Waals surface area contributed by atoms with Crippen LogP contribution in [0.1, 0.15) is 26.7 Å². The summed E-state index contributed by atoms with van der Waals surface area (Å²) in [6.07, 6.45) is 0.791. The van der Waals surface area contributed by atoms with Gasteiger partial charge in [0.05, 0.1) is 24.5 Å². The molecular weight excluding hydrogens is 513 g/mol. The second-order valence-corrected chi connectivity index (χ2v) is 20.0. The van der Waals surface area contributed by atoms with Gasteiger partial charge in [0.2, 0.25) is 0 Å². The second-order valence-electron chi connectivity index (χ2n) is 10.2. The maximum atomic E-state index is 14.3. The molecule has 0 aliphatic heterocycles. The van der Waals surface area contributed by atoms with Crippen LogP contribution in [0, 0.1) is 5.92 Å². The molecule has 0 spiro atoms. The molecule has 2 aromatic carbocycles. The Morgan fingerprint density at radius 1 is 0.944 bits per heavy atom. The zero-order valence-electron chi connectivity index (χ0n) is 21.4. The van der Waals surface area contributed by atoms with E-state index in [1.807, 2.05) is 6.92 Å². The zero-order valence-corrected chi connectivity index (χ0v) is 24.0. The van der Waals surface area contributed by atoms with E-state index >= 15 is 0 Å². The largest absolute Gasteiger partial charge is 0.463 e. The molecule has 194 valence electrons. The number of carbonyl (C=O) groups excluding carboxylic acids is 1. The van der Waals surface area contributed by atoms with Gasteiger partial charge in [0.1, 0.15) is 0 Å². The van der Waals surface area contributed by atoms with Gasteiger partial charge in [-0.3, -0.25) is 0 Å². The first-order valence-electron chi connectivity index (χ1n) is 11.9. The summed E-state index contributed by atoms with van der Waals surface area (Å²) in [5.74, 6) is -1.14. The molecule has 1 aliphatic rings. The van der Waals surface area contributed by atoms with Crippen LogP contribution in [0.2, 0.25) is 19.6 Å². The predicted octanol–water partition coefficient (Wildman–Crippen LogP) is 5.35. The number of hydrogen-bond donors (Lipinski definition) is 0. The molecule has 0 amide bonds. The Bertz CT molecular complexity index is 1300. The Kier molecular flexibility index (Phi) is 8.17. The molecule has 0 heterocycles. The lowest BCUT2D eigenvalue weighted by molar-refractivity contribution is -0.137. The van der Waals surface area contributed by atoms with Crippen molar-refractivity contribution in [2.24, 2.45) is 5.92 Å². The van der Waals surface area contributed by atoms with Gasteiger partial charge in [-0.15, -0.1) is 0 Å². The molecule has 3 rings (SSSR count). The van der Waals surface area contributed by atoms with Crippen molar-refractivity contribution in [2.75, 3.05) is 6.61 Å². The summed E-state index contributed by atoms with van der Waals surface area (Å²) in [6.45, 7) is 10.2. The van der Waals surface area contributed by atoms with Crippen LogP contribution < -0.4 is 0 Å². The van der Waals surface area contributed by atoms with Crippen LogP contribution in [0.4, 0.5) is 0 Å². The molecule has 0 radical (unpaired) electrons. The summed E-state index contributed by atoms with van der Waals surface area (Å²) < 4.78 is 60.0. The Hall–Kier alpha value is -2.49. The number of ether oxygens (including phenoxy) is 1. The van der Waals surface area contributed by atoms with Crippen LogP contribution >= 0.6 is 0 Å². The smallest absolute Gasteiger partial charge is 0.330 e. The first-order chi connectivity index (χ1) is 16.7. The summed E-state index contributed by atoms with van der Waals surface area (Å²) >= 11 is 0. The Morgan fingerprint density at radius 2 is 1.42 bits per heavy atom. The summed E-state index contributed by atoms with van der Waals surface area (Å²) in [5.41, 5.74) is 3.47. The van der Waals surface area contributed by atoms with E-state index in [0.29, 0.717) is 5.57 Å².